The third kappa shape index (κ3) is 4.17. The molecule has 1 fully saturated rings. The van der Waals surface area contributed by atoms with Crippen LogP contribution >= 0.6 is 15.9 Å². The molecule has 146 valence electrons. The molecule has 7 heteroatoms. The maximum absolute atomic E-state index is 12.9. The Kier molecular flexibility index (Phi) is 5.87. The predicted octanol–water partition coefficient (Wildman–Crippen LogP) is 2.52. The molecule has 2 aromatic carbocycles. The van der Waals surface area contributed by atoms with Crippen LogP contribution in [0.1, 0.15) is 0 Å². The molecule has 0 unspecified atom stereocenters. The Morgan fingerprint density at radius 2 is 1.71 bits per heavy atom. The molecular weight excluding hydrogens is 422 g/mol. The van der Waals surface area contributed by atoms with Crippen LogP contribution in [0.25, 0.3) is 22.0 Å². The van der Waals surface area contributed by atoms with Crippen LogP contribution in [-0.2, 0) is 11.3 Å². The lowest BCUT2D eigenvalue weighted by molar-refractivity contribution is 0.0106. The van der Waals surface area contributed by atoms with E-state index in [1.54, 1.807) is 0 Å². The molecule has 0 radical (unpaired) electrons. The minimum atomic E-state index is -0.678. The summed E-state index contributed by atoms with van der Waals surface area (Å²) in [6, 6.07) is 15.3. The standard InChI is InChI=1S/C21H22BrN3O3/c22-16-7-5-15(6-8-16)20-18-3-1-2-4-19(18)21(27)25(23-20)14-17(26)13-24-9-11-28-12-10-24/h1-8,17,26H,9-14H2/t17-/m0/s1. The second-order valence-corrected chi connectivity index (χ2v) is 7.87. The highest BCUT2D eigenvalue weighted by atomic mass is 79.9. The van der Waals surface area contributed by atoms with Crippen molar-refractivity contribution in [3.05, 3.63) is 63.4 Å². The van der Waals surface area contributed by atoms with Gasteiger partial charge in [-0.05, 0) is 18.2 Å². The Morgan fingerprint density at radius 1 is 1.04 bits per heavy atom. The summed E-state index contributed by atoms with van der Waals surface area (Å²) in [6.07, 6.45) is -0.678. The smallest absolute Gasteiger partial charge is 0.274 e. The molecule has 1 saturated heterocycles. The van der Waals surface area contributed by atoms with E-state index in [0.717, 1.165) is 34.2 Å². The topological polar surface area (TPSA) is 67.6 Å². The molecule has 0 spiro atoms. The van der Waals surface area contributed by atoms with E-state index in [1.165, 1.54) is 4.68 Å². The van der Waals surface area contributed by atoms with Crippen LogP contribution in [0.5, 0.6) is 0 Å². The Labute approximate surface area is 171 Å². The van der Waals surface area contributed by atoms with Crippen LogP contribution in [0.3, 0.4) is 0 Å². The van der Waals surface area contributed by atoms with Crippen molar-refractivity contribution in [1.82, 2.24) is 14.7 Å². The number of halogens is 1. The van der Waals surface area contributed by atoms with Gasteiger partial charge in [0.2, 0.25) is 0 Å². The number of morpholine rings is 1. The van der Waals surface area contributed by atoms with Gasteiger partial charge in [-0.1, -0.05) is 46.3 Å². The fraction of sp³-hybridized carbons (Fsp3) is 0.333. The number of rotatable bonds is 5. The van der Waals surface area contributed by atoms with Crippen molar-refractivity contribution in [3.63, 3.8) is 0 Å². The van der Waals surface area contributed by atoms with Crippen LogP contribution in [0.15, 0.2) is 57.8 Å². The molecule has 1 atom stereocenters. The van der Waals surface area contributed by atoms with Gasteiger partial charge in [-0.3, -0.25) is 9.69 Å². The van der Waals surface area contributed by atoms with Crippen LogP contribution in [0.4, 0.5) is 0 Å². The van der Waals surface area contributed by atoms with E-state index < -0.39 is 6.10 Å². The summed E-state index contributed by atoms with van der Waals surface area (Å²) < 4.78 is 7.72. The second kappa shape index (κ2) is 8.53. The number of benzene rings is 2. The SMILES string of the molecule is O=c1c2ccccc2c(-c2ccc(Br)cc2)nn1C[C@@H](O)CN1CCOCC1. The number of aliphatic hydroxyl groups is 1. The van der Waals surface area contributed by atoms with E-state index in [9.17, 15) is 9.90 Å². The monoisotopic (exact) mass is 443 g/mol. The van der Waals surface area contributed by atoms with Gasteiger partial charge in [-0.2, -0.15) is 5.10 Å². The highest BCUT2D eigenvalue weighted by Gasteiger charge is 2.18. The molecular formula is C21H22BrN3O3. The summed E-state index contributed by atoms with van der Waals surface area (Å²) in [7, 11) is 0. The lowest BCUT2D eigenvalue weighted by atomic mass is 10.1. The predicted molar refractivity (Wildman–Crippen MR) is 112 cm³/mol. The van der Waals surface area contributed by atoms with Crippen LogP contribution < -0.4 is 5.56 Å². The zero-order valence-corrected chi connectivity index (χ0v) is 17.0. The lowest BCUT2D eigenvalue weighted by Crippen LogP contribution is -2.43. The first kappa shape index (κ1) is 19.3. The summed E-state index contributed by atoms with van der Waals surface area (Å²) in [5.74, 6) is 0. The quantitative estimate of drug-likeness (QED) is 0.655. The zero-order valence-electron chi connectivity index (χ0n) is 15.4. The van der Waals surface area contributed by atoms with Crippen LogP contribution in [0.2, 0.25) is 0 Å². The molecule has 1 N–H and O–H groups in total. The summed E-state index contributed by atoms with van der Waals surface area (Å²) in [6.45, 7) is 3.59. The fourth-order valence-corrected chi connectivity index (χ4v) is 3.78. The number of aromatic nitrogens is 2. The minimum Gasteiger partial charge on any atom is -0.390 e. The van der Waals surface area contributed by atoms with E-state index >= 15 is 0 Å². The summed E-state index contributed by atoms with van der Waals surface area (Å²) in [5.41, 5.74) is 1.48. The van der Waals surface area contributed by atoms with Gasteiger partial charge in [0, 0.05) is 35.1 Å². The van der Waals surface area contributed by atoms with Gasteiger partial charge in [0.25, 0.3) is 5.56 Å². The van der Waals surface area contributed by atoms with Gasteiger partial charge >= 0.3 is 0 Å². The number of fused-ring (bicyclic) bond motifs is 1. The zero-order chi connectivity index (χ0) is 19.5. The highest BCUT2D eigenvalue weighted by Crippen LogP contribution is 2.26. The molecule has 1 aromatic heterocycles. The number of β-amino-alcohol motifs (C(OH)–C–C–N with tert-alkyl or cyclic N) is 1. The number of aliphatic hydroxyl groups excluding tert-OH is 1. The average molecular weight is 444 g/mol. The highest BCUT2D eigenvalue weighted by molar-refractivity contribution is 9.10. The Hall–Kier alpha value is -2.06. The van der Waals surface area contributed by atoms with Gasteiger partial charge in [0.1, 0.15) is 0 Å². The van der Waals surface area contributed by atoms with Crippen molar-refractivity contribution >= 4 is 26.7 Å². The third-order valence-electron chi connectivity index (χ3n) is 4.94. The van der Waals surface area contributed by atoms with Gasteiger partial charge in [-0.25, -0.2) is 4.68 Å². The molecule has 2 heterocycles. The van der Waals surface area contributed by atoms with E-state index in [4.69, 9.17) is 4.74 Å². The van der Waals surface area contributed by atoms with Gasteiger partial charge in [-0.15, -0.1) is 0 Å². The fourth-order valence-electron chi connectivity index (χ4n) is 3.52. The maximum atomic E-state index is 12.9. The molecule has 0 bridgehead atoms. The normalized spacial score (nSPS) is 16.4. The molecule has 6 nitrogen and oxygen atoms in total. The molecule has 28 heavy (non-hydrogen) atoms. The van der Waals surface area contributed by atoms with Gasteiger partial charge in [0.15, 0.2) is 0 Å². The molecule has 4 rings (SSSR count). The summed E-state index contributed by atoms with van der Waals surface area (Å²) in [4.78, 5) is 15.1. The Bertz CT molecular complexity index is 1010. The van der Waals surface area contributed by atoms with Crippen molar-refractivity contribution in [1.29, 1.82) is 0 Å². The molecule has 0 aliphatic carbocycles. The van der Waals surface area contributed by atoms with Crippen molar-refractivity contribution in [3.8, 4) is 11.3 Å². The first-order valence-corrected chi connectivity index (χ1v) is 10.1. The van der Waals surface area contributed by atoms with Crippen molar-refractivity contribution in [2.24, 2.45) is 0 Å². The first-order chi connectivity index (χ1) is 13.6. The van der Waals surface area contributed by atoms with E-state index in [-0.39, 0.29) is 12.1 Å². The van der Waals surface area contributed by atoms with Gasteiger partial charge < -0.3 is 9.84 Å². The Balaban J connectivity index is 1.69. The van der Waals surface area contributed by atoms with Crippen molar-refractivity contribution < 1.29 is 9.84 Å². The number of ether oxygens (including phenoxy) is 1. The van der Waals surface area contributed by atoms with Crippen LogP contribution in [0, 0.1) is 0 Å². The molecule has 1 aliphatic heterocycles. The van der Waals surface area contributed by atoms with E-state index in [0.29, 0.717) is 25.1 Å². The van der Waals surface area contributed by atoms with Crippen molar-refractivity contribution in [2.75, 3.05) is 32.8 Å². The first-order valence-electron chi connectivity index (χ1n) is 9.36. The third-order valence-corrected chi connectivity index (χ3v) is 5.47. The second-order valence-electron chi connectivity index (χ2n) is 6.96. The van der Waals surface area contributed by atoms with E-state index in [1.807, 2.05) is 48.5 Å². The van der Waals surface area contributed by atoms with Crippen molar-refractivity contribution in [2.45, 2.75) is 12.6 Å². The van der Waals surface area contributed by atoms with E-state index in [2.05, 4.69) is 25.9 Å². The summed E-state index contributed by atoms with van der Waals surface area (Å²) in [5, 5.41) is 16.6. The number of hydrogen-bond acceptors (Lipinski definition) is 5. The summed E-state index contributed by atoms with van der Waals surface area (Å²) >= 11 is 3.45. The molecule has 3 aromatic rings. The van der Waals surface area contributed by atoms with Gasteiger partial charge in [0.05, 0.1) is 36.9 Å². The average Bonchev–Trinajstić information content (AvgIpc) is 2.72. The number of hydrogen-bond donors (Lipinski definition) is 1. The largest absolute Gasteiger partial charge is 0.390 e. The minimum absolute atomic E-state index is 0.157. The molecule has 0 amide bonds. The Morgan fingerprint density at radius 3 is 2.43 bits per heavy atom. The number of nitrogens with zero attached hydrogens (tertiary/aromatic N) is 3. The lowest BCUT2D eigenvalue weighted by Gasteiger charge is -2.28. The molecule has 1 aliphatic rings. The maximum Gasteiger partial charge on any atom is 0.274 e. The van der Waals surface area contributed by atoms with Crippen LogP contribution in [-0.4, -0.2) is 58.7 Å². The molecule has 0 saturated carbocycles.